The highest BCUT2D eigenvalue weighted by Crippen LogP contribution is 2.41. The highest BCUT2D eigenvalue weighted by Gasteiger charge is 2.37. The number of halogens is 8. The Bertz CT molecular complexity index is 819. The zero-order chi connectivity index (χ0) is 20.0. The summed E-state index contributed by atoms with van der Waals surface area (Å²) in [6.07, 6.45) is -9.92. The first kappa shape index (κ1) is 21.1. The maximum absolute atomic E-state index is 13.0. The second-order valence-electron chi connectivity index (χ2n) is 5.03. The summed E-state index contributed by atoms with van der Waals surface area (Å²) in [5, 5.41) is 19.0. The van der Waals surface area contributed by atoms with Gasteiger partial charge in [-0.15, -0.1) is 0 Å². The van der Waals surface area contributed by atoms with Gasteiger partial charge < -0.3 is 10.2 Å². The molecule has 0 aliphatic rings. The lowest BCUT2D eigenvalue weighted by molar-refractivity contribution is -0.139. The van der Waals surface area contributed by atoms with Crippen LogP contribution in [0.5, 0.6) is 11.5 Å². The number of aromatic hydroxyl groups is 2. The molecule has 0 spiro atoms. The van der Waals surface area contributed by atoms with E-state index in [0.29, 0.717) is 12.1 Å². The third-order valence-corrected chi connectivity index (χ3v) is 4.91. The van der Waals surface area contributed by atoms with Crippen LogP contribution in [0, 0.1) is 7.14 Å². The summed E-state index contributed by atoms with van der Waals surface area (Å²) in [5.41, 5.74) is -4.04. The van der Waals surface area contributed by atoms with Crippen molar-refractivity contribution in [1.29, 1.82) is 0 Å². The van der Waals surface area contributed by atoms with E-state index >= 15 is 0 Å². The van der Waals surface area contributed by atoms with Gasteiger partial charge in [0.1, 0.15) is 11.5 Å². The lowest BCUT2D eigenvalue weighted by Gasteiger charge is -2.14. The van der Waals surface area contributed by atoms with E-state index in [1.54, 1.807) is 0 Å². The number of hydrogen-bond acceptors (Lipinski definition) is 3. The first-order valence-corrected chi connectivity index (χ1v) is 8.63. The minimum atomic E-state index is -4.96. The molecular formula is C15H6F6I2O3. The predicted molar refractivity (Wildman–Crippen MR) is 95.1 cm³/mol. The number of ketones is 1. The van der Waals surface area contributed by atoms with Crippen molar-refractivity contribution in [3.63, 3.8) is 0 Å². The molecule has 2 aromatic rings. The van der Waals surface area contributed by atoms with Gasteiger partial charge in [-0.1, -0.05) is 0 Å². The molecule has 11 heteroatoms. The molecule has 0 radical (unpaired) electrons. The molecule has 0 aromatic heterocycles. The molecule has 140 valence electrons. The lowest BCUT2D eigenvalue weighted by Crippen LogP contribution is -2.12. The first-order chi connectivity index (χ1) is 11.7. The number of hydrogen-bond donors (Lipinski definition) is 2. The molecule has 0 bridgehead atoms. The molecule has 0 aliphatic heterocycles. The summed E-state index contributed by atoms with van der Waals surface area (Å²) in [7, 11) is 0. The van der Waals surface area contributed by atoms with Crippen molar-refractivity contribution in [1.82, 2.24) is 0 Å². The second-order valence-corrected chi connectivity index (χ2v) is 7.36. The van der Waals surface area contributed by atoms with Crippen molar-refractivity contribution >= 4 is 51.0 Å². The lowest BCUT2D eigenvalue weighted by atomic mass is 9.98. The smallest absolute Gasteiger partial charge is 0.420 e. The highest BCUT2D eigenvalue weighted by atomic mass is 127. The summed E-state index contributed by atoms with van der Waals surface area (Å²) >= 11 is 2.75. The van der Waals surface area contributed by atoms with Gasteiger partial charge in [0.05, 0.1) is 18.3 Å². The second kappa shape index (κ2) is 7.05. The number of phenols is 2. The third kappa shape index (κ3) is 4.18. The molecule has 2 aromatic carbocycles. The van der Waals surface area contributed by atoms with Crippen LogP contribution >= 0.6 is 45.2 Å². The summed E-state index contributed by atoms with van der Waals surface area (Å²) in [6, 6.07) is 2.60. The van der Waals surface area contributed by atoms with Crippen LogP contribution in [0.2, 0.25) is 0 Å². The summed E-state index contributed by atoms with van der Waals surface area (Å²) in [4.78, 5) is 12.4. The molecule has 3 nitrogen and oxygen atoms in total. The van der Waals surface area contributed by atoms with Gasteiger partial charge in [0.15, 0.2) is 5.78 Å². The van der Waals surface area contributed by atoms with E-state index in [4.69, 9.17) is 0 Å². The number of carbonyl (C=O) groups is 1. The fourth-order valence-electron chi connectivity index (χ4n) is 2.06. The van der Waals surface area contributed by atoms with Gasteiger partial charge in [0.25, 0.3) is 0 Å². The quantitative estimate of drug-likeness (QED) is 0.269. The van der Waals surface area contributed by atoms with Gasteiger partial charge in [0, 0.05) is 11.1 Å². The van der Waals surface area contributed by atoms with Crippen LogP contribution in [0.1, 0.15) is 27.0 Å². The summed E-state index contributed by atoms with van der Waals surface area (Å²) in [5.74, 6) is -3.27. The van der Waals surface area contributed by atoms with E-state index < -0.39 is 51.9 Å². The van der Waals surface area contributed by atoms with Gasteiger partial charge in [-0.3, -0.25) is 4.79 Å². The number of alkyl halides is 6. The van der Waals surface area contributed by atoms with Crippen LogP contribution in [0.3, 0.4) is 0 Å². The SMILES string of the molecule is O=C(c1cc(I)c(O)c(C(F)(F)F)c1)c1cc(I)c(O)c(C(F)(F)F)c1. The Morgan fingerprint density at radius 1 is 0.731 bits per heavy atom. The van der Waals surface area contributed by atoms with Gasteiger partial charge in [-0.05, 0) is 69.4 Å². The number of phenolic OH excluding ortho intramolecular Hbond substituents is 2. The van der Waals surface area contributed by atoms with E-state index in [1.807, 2.05) is 0 Å². The monoisotopic (exact) mass is 602 g/mol. The van der Waals surface area contributed by atoms with Gasteiger partial charge in [0.2, 0.25) is 0 Å². The van der Waals surface area contributed by atoms with Crippen molar-refractivity contribution in [2.75, 3.05) is 0 Å². The van der Waals surface area contributed by atoms with Gasteiger partial charge in [-0.2, -0.15) is 26.3 Å². The van der Waals surface area contributed by atoms with Crippen LogP contribution in [-0.2, 0) is 12.4 Å². The van der Waals surface area contributed by atoms with Crippen LogP contribution < -0.4 is 0 Å². The number of benzene rings is 2. The zero-order valence-corrected chi connectivity index (χ0v) is 16.5. The predicted octanol–water partition coefficient (Wildman–Crippen LogP) is 5.58. The molecule has 0 amide bonds. The maximum atomic E-state index is 13.0. The Labute approximate surface area is 169 Å². The van der Waals surface area contributed by atoms with Gasteiger partial charge in [-0.25, -0.2) is 0 Å². The Balaban J connectivity index is 2.64. The van der Waals surface area contributed by atoms with Crippen molar-refractivity contribution < 1.29 is 41.4 Å². The molecule has 0 saturated heterocycles. The molecular weight excluding hydrogens is 596 g/mol. The maximum Gasteiger partial charge on any atom is 0.420 e. The molecule has 0 unspecified atom stereocenters. The summed E-state index contributed by atoms with van der Waals surface area (Å²) < 4.78 is 77.2. The molecule has 0 saturated carbocycles. The van der Waals surface area contributed by atoms with Crippen molar-refractivity contribution in [2.24, 2.45) is 0 Å². The minimum Gasteiger partial charge on any atom is -0.506 e. The first-order valence-electron chi connectivity index (χ1n) is 6.47. The summed E-state index contributed by atoms with van der Waals surface area (Å²) in [6.45, 7) is 0. The molecule has 2 N–H and O–H groups in total. The topological polar surface area (TPSA) is 57.5 Å². The normalized spacial score (nSPS) is 12.3. The minimum absolute atomic E-state index is 0.287. The standard InChI is InChI=1S/C15H6F6I2O3/c16-14(17,18)7-1-5(3-9(22)12(7)25)11(24)6-2-8(15(19,20)21)13(26)10(23)4-6/h1-4,25-26H. The Hall–Kier alpha value is -1.25. The van der Waals surface area contributed by atoms with Crippen molar-refractivity contribution in [2.45, 2.75) is 12.4 Å². The van der Waals surface area contributed by atoms with E-state index in [9.17, 15) is 41.4 Å². The number of carbonyl (C=O) groups excluding carboxylic acids is 1. The average molecular weight is 602 g/mol. The molecule has 0 fully saturated rings. The van der Waals surface area contributed by atoms with Crippen LogP contribution in [0.4, 0.5) is 26.3 Å². The third-order valence-electron chi connectivity index (χ3n) is 3.26. The Kier molecular flexibility index (Phi) is 5.71. The largest absolute Gasteiger partial charge is 0.506 e. The van der Waals surface area contributed by atoms with Gasteiger partial charge >= 0.3 is 12.4 Å². The zero-order valence-electron chi connectivity index (χ0n) is 12.1. The number of rotatable bonds is 2. The Morgan fingerprint density at radius 2 is 1.04 bits per heavy atom. The highest BCUT2D eigenvalue weighted by molar-refractivity contribution is 14.1. The van der Waals surface area contributed by atoms with E-state index in [-0.39, 0.29) is 7.14 Å². The average Bonchev–Trinajstić information content (AvgIpc) is 2.49. The van der Waals surface area contributed by atoms with Crippen LogP contribution in [-0.4, -0.2) is 16.0 Å². The molecule has 0 heterocycles. The van der Waals surface area contributed by atoms with Crippen LogP contribution in [0.15, 0.2) is 24.3 Å². The molecule has 0 atom stereocenters. The molecule has 2 rings (SSSR count). The molecule has 26 heavy (non-hydrogen) atoms. The van der Waals surface area contributed by atoms with Crippen LogP contribution in [0.25, 0.3) is 0 Å². The fraction of sp³-hybridized carbons (Fsp3) is 0.133. The Morgan fingerprint density at radius 3 is 1.31 bits per heavy atom. The van der Waals surface area contributed by atoms with Crippen molar-refractivity contribution in [3.05, 3.63) is 53.7 Å². The van der Waals surface area contributed by atoms with E-state index in [0.717, 1.165) is 12.1 Å². The van der Waals surface area contributed by atoms with Crippen molar-refractivity contribution in [3.8, 4) is 11.5 Å². The fourth-order valence-corrected chi connectivity index (χ4v) is 3.31. The van der Waals surface area contributed by atoms with E-state index in [2.05, 4.69) is 0 Å². The van der Waals surface area contributed by atoms with E-state index in [1.165, 1.54) is 45.2 Å². The molecule has 0 aliphatic carbocycles.